The third-order valence-corrected chi connectivity index (χ3v) is 15.4. The molecule has 0 fully saturated rings. The molecule has 0 radical (unpaired) electrons. The van der Waals surface area contributed by atoms with E-state index in [4.69, 9.17) is 5.11 Å². The fraction of sp³-hybridized carbons (Fsp3) is 0.850. The highest BCUT2D eigenvalue weighted by Crippen LogP contribution is 2.19. The molecule has 0 aromatic carbocycles. The second kappa shape index (κ2) is 32.7. The molecule has 1 amide bonds. The van der Waals surface area contributed by atoms with Crippen LogP contribution in [0, 0.1) is 0 Å². The molecule has 17 heteroatoms. The summed E-state index contributed by atoms with van der Waals surface area (Å²) < 4.78 is 23.1. The molecule has 0 spiro atoms. The van der Waals surface area contributed by atoms with Gasteiger partial charge in [-0.3, -0.25) is 9.79 Å². The highest BCUT2D eigenvalue weighted by molar-refractivity contribution is 8.23. The van der Waals surface area contributed by atoms with Crippen molar-refractivity contribution >= 4 is 133 Å². The molecule has 0 aliphatic carbocycles. The van der Waals surface area contributed by atoms with Crippen molar-refractivity contribution in [1.29, 1.82) is 0 Å². The van der Waals surface area contributed by atoms with E-state index in [9.17, 15) is 13.9 Å². The summed E-state index contributed by atoms with van der Waals surface area (Å²) >= 11 is 12.1. The molecular formula is C20H39N3O4S10. The number of carbonyl (C=O) groups is 1. The van der Waals surface area contributed by atoms with Gasteiger partial charge in [0, 0.05) is 74.2 Å². The van der Waals surface area contributed by atoms with Gasteiger partial charge >= 0.3 is 0 Å². The topological polar surface area (TPSA) is 120 Å². The van der Waals surface area contributed by atoms with E-state index in [0.29, 0.717) is 30.3 Å². The molecule has 0 aromatic rings. The van der Waals surface area contributed by atoms with Crippen LogP contribution in [0.5, 0.6) is 0 Å². The van der Waals surface area contributed by atoms with Crippen LogP contribution in [-0.2, 0) is 22.4 Å². The summed E-state index contributed by atoms with van der Waals surface area (Å²) in [7, 11) is 1.64. The van der Waals surface area contributed by atoms with Crippen LogP contribution in [0.3, 0.4) is 0 Å². The lowest BCUT2D eigenvalue weighted by atomic mass is 10.8. The van der Waals surface area contributed by atoms with Crippen LogP contribution < -0.4 is 5.32 Å². The molecule has 0 aliphatic rings. The number of rotatable bonds is 27. The van der Waals surface area contributed by atoms with Gasteiger partial charge in [0.15, 0.2) is 0 Å². The van der Waals surface area contributed by atoms with Gasteiger partial charge in [0.2, 0.25) is 11.1 Å². The van der Waals surface area contributed by atoms with E-state index in [2.05, 4.69) is 15.3 Å². The van der Waals surface area contributed by atoms with Gasteiger partial charge in [-0.15, -0.1) is 58.8 Å². The van der Waals surface area contributed by atoms with E-state index >= 15 is 0 Å². The number of thioether (sulfide) groups is 8. The number of hydrogen-bond donors (Lipinski definition) is 2. The van der Waals surface area contributed by atoms with E-state index in [1.165, 1.54) is 17.3 Å². The van der Waals surface area contributed by atoms with E-state index < -0.39 is 22.4 Å². The Labute approximate surface area is 263 Å². The Morgan fingerprint density at radius 3 is 2.05 bits per heavy atom. The molecule has 2 N–H and O–H groups in total. The lowest BCUT2D eigenvalue weighted by molar-refractivity contribution is 0.261. The molecule has 218 valence electrons. The number of aliphatic hydroxyl groups is 1. The van der Waals surface area contributed by atoms with Gasteiger partial charge in [-0.25, -0.2) is 4.99 Å². The van der Waals surface area contributed by atoms with Crippen LogP contribution in [0.2, 0.25) is 0 Å². The van der Waals surface area contributed by atoms with Crippen LogP contribution in [0.15, 0.2) is 9.98 Å². The number of aliphatic imine (C=N–C) groups is 2. The maximum atomic E-state index is 11.9. The van der Waals surface area contributed by atoms with E-state index in [-0.39, 0.29) is 11.8 Å². The zero-order chi connectivity index (χ0) is 27.2. The summed E-state index contributed by atoms with van der Waals surface area (Å²) in [6.07, 6.45) is 0. The monoisotopic (exact) mass is 705 g/mol. The largest absolute Gasteiger partial charge is 0.611 e. The molecule has 0 aliphatic heterocycles. The molecule has 0 heterocycles. The maximum absolute atomic E-state index is 11.9. The van der Waals surface area contributed by atoms with Crippen molar-refractivity contribution in [2.24, 2.45) is 9.98 Å². The van der Waals surface area contributed by atoms with Gasteiger partial charge in [-0.1, -0.05) is 11.8 Å². The molecule has 0 saturated carbocycles. The first-order valence-corrected chi connectivity index (χ1v) is 23.2. The lowest BCUT2D eigenvalue weighted by Crippen LogP contribution is -2.22. The molecule has 7 nitrogen and oxygen atoms in total. The average molecular weight is 706 g/mol. The Balaban J connectivity index is 3.29. The van der Waals surface area contributed by atoms with Crippen molar-refractivity contribution in [1.82, 2.24) is 5.32 Å². The van der Waals surface area contributed by atoms with Gasteiger partial charge in [0.05, 0.1) is 13.2 Å². The van der Waals surface area contributed by atoms with Crippen molar-refractivity contribution in [3.63, 3.8) is 0 Å². The maximum Gasteiger partial charge on any atom is 0.279 e. The van der Waals surface area contributed by atoms with Gasteiger partial charge in [0.25, 0.3) is 5.24 Å². The summed E-state index contributed by atoms with van der Waals surface area (Å²) in [6.45, 7) is 1.55. The predicted molar refractivity (Wildman–Crippen MR) is 189 cm³/mol. The minimum atomic E-state index is -1.00. The molecule has 2 unspecified atom stereocenters. The van der Waals surface area contributed by atoms with Crippen molar-refractivity contribution in [2.75, 3.05) is 98.9 Å². The third-order valence-electron chi connectivity index (χ3n) is 3.52. The first-order chi connectivity index (χ1) is 18.1. The summed E-state index contributed by atoms with van der Waals surface area (Å²) in [5.41, 5.74) is 3.05. The van der Waals surface area contributed by atoms with Crippen LogP contribution in [0.25, 0.3) is 0 Å². The number of aliphatic hydroxyl groups excluding tert-OH is 1. The van der Waals surface area contributed by atoms with Crippen LogP contribution in [-0.4, -0.2) is 129 Å². The first kappa shape index (κ1) is 39.2. The predicted octanol–water partition coefficient (Wildman–Crippen LogP) is 4.57. The molecule has 0 bridgehead atoms. The first-order valence-electron chi connectivity index (χ1n) is 11.3. The Morgan fingerprint density at radius 1 is 0.784 bits per heavy atom. The molecule has 0 rings (SSSR count). The Kier molecular flexibility index (Phi) is 34.6. The highest BCUT2D eigenvalue weighted by atomic mass is 32.2. The highest BCUT2D eigenvalue weighted by Gasteiger charge is 2.04. The minimum Gasteiger partial charge on any atom is -0.611 e. The quantitative estimate of drug-likeness (QED) is 0.0410. The number of amides is 1. The molecular weight excluding hydrogens is 667 g/mol. The van der Waals surface area contributed by atoms with Gasteiger partial charge in [0.1, 0.15) is 11.5 Å². The summed E-state index contributed by atoms with van der Waals surface area (Å²) in [5.74, 6) is 7.24. The van der Waals surface area contributed by atoms with Crippen molar-refractivity contribution in [3.8, 4) is 0 Å². The van der Waals surface area contributed by atoms with Crippen molar-refractivity contribution < 1.29 is 19.0 Å². The molecule has 0 aromatic heterocycles. The average Bonchev–Trinajstić information content (AvgIpc) is 2.88. The van der Waals surface area contributed by atoms with Crippen molar-refractivity contribution in [3.05, 3.63) is 0 Å². The lowest BCUT2D eigenvalue weighted by Gasteiger charge is -2.06. The second-order valence-corrected chi connectivity index (χ2v) is 19.4. The minimum absolute atomic E-state index is 0.0571. The van der Waals surface area contributed by atoms with E-state index in [1.54, 1.807) is 36.1 Å². The third kappa shape index (κ3) is 32.6. The van der Waals surface area contributed by atoms with E-state index in [1.807, 2.05) is 58.8 Å². The normalized spacial score (nSPS) is 13.5. The SMILES string of the molecule is C/N=C/[S+]([O-])CCSCSCSCCSC(=O)NCCSCSCSCC/N=C/[S+]([O-])CCSCCO. The molecule has 0 saturated heterocycles. The fourth-order valence-electron chi connectivity index (χ4n) is 1.93. The number of nitrogens with one attached hydrogen (secondary N) is 1. The number of nitrogens with zero attached hydrogens (tertiary/aromatic N) is 2. The van der Waals surface area contributed by atoms with Gasteiger partial charge in [-0.05, 0) is 22.4 Å². The molecule has 2 atom stereocenters. The number of hydrogen-bond acceptors (Lipinski definition) is 14. The van der Waals surface area contributed by atoms with Gasteiger partial charge < -0.3 is 19.5 Å². The summed E-state index contributed by atoms with van der Waals surface area (Å²) in [6, 6.07) is 0. The Hall–Kier alpha value is 2.19. The Bertz CT molecular complexity index is 570. The molecule has 37 heavy (non-hydrogen) atoms. The zero-order valence-electron chi connectivity index (χ0n) is 21.1. The summed E-state index contributed by atoms with van der Waals surface area (Å²) in [4.78, 5) is 19.9. The van der Waals surface area contributed by atoms with E-state index in [0.717, 1.165) is 54.9 Å². The summed E-state index contributed by atoms with van der Waals surface area (Å²) in [5, 5.41) is 15.8. The van der Waals surface area contributed by atoms with Crippen LogP contribution >= 0.6 is 94.1 Å². The van der Waals surface area contributed by atoms with Gasteiger partial charge in [-0.2, -0.15) is 23.5 Å². The zero-order valence-corrected chi connectivity index (χ0v) is 29.3. The fourth-order valence-corrected chi connectivity index (χ4v) is 12.5. The van der Waals surface area contributed by atoms with Crippen molar-refractivity contribution in [2.45, 2.75) is 0 Å². The standard InChI is InChI=1S/C20H39N3O4S10/c1-21-14-36(26)13-11-32-19-34-18-31-8-9-35-20(25)23-3-6-30-17-33-16-29-5-2-22-15-37(27)12-10-28-7-4-24/h14-15,24H,2-13,16-19H2,1H3,(H,23,25)/b21-14+,22-15+. The van der Waals surface area contributed by atoms with Crippen LogP contribution in [0.4, 0.5) is 4.79 Å². The second-order valence-electron chi connectivity index (χ2n) is 6.46. The van der Waals surface area contributed by atoms with Crippen LogP contribution in [0.1, 0.15) is 0 Å². The Morgan fingerprint density at radius 2 is 1.38 bits per heavy atom. The number of carbonyl (C=O) groups excluding carboxylic acids is 1. The smallest absolute Gasteiger partial charge is 0.279 e.